The fourth-order valence-electron chi connectivity index (χ4n) is 0.596. The van der Waals surface area contributed by atoms with Crippen molar-refractivity contribution in [3.05, 3.63) is 61.9 Å². The molecule has 0 aromatic heterocycles. The molecular weight excluding hydrogens is 263 g/mol. The Morgan fingerprint density at radius 2 is 1.93 bits per heavy atom. The van der Waals surface area contributed by atoms with Crippen LogP contribution in [0.3, 0.4) is 0 Å². The third-order valence-electron chi connectivity index (χ3n) is 1.21. The summed E-state index contributed by atoms with van der Waals surface area (Å²) in [4.78, 5) is 9.99. The summed E-state index contributed by atoms with van der Waals surface area (Å²) < 4.78 is 0. The summed E-state index contributed by atoms with van der Waals surface area (Å²) in [6, 6.07) is 9.66. The molecule has 0 saturated carbocycles. The van der Waals surface area contributed by atoms with Crippen molar-refractivity contribution in [3.63, 3.8) is 0 Å². The zero-order valence-electron chi connectivity index (χ0n) is 7.90. The molecule has 0 heterocycles. The van der Waals surface area contributed by atoms with Gasteiger partial charge in [-0.25, -0.2) is 19.4 Å². The van der Waals surface area contributed by atoms with Gasteiger partial charge in [-0.1, -0.05) is 5.56 Å². The first kappa shape index (κ1) is 15.6. The average Bonchev–Trinajstić information content (AvgIpc) is 2.21. The summed E-state index contributed by atoms with van der Waals surface area (Å²) in [7, 11) is 0. The Morgan fingerprint density at radius 1 is 1.36 bits per heavy atom. The number of rotatable bonds is 2. The van der Waals surface area contributed by atoms with Crippen molar-refractivity contribution in [1.82, 2.24) is 0 Å². The van der Waals surface area contributed by atoms with Crippen molar-refractivity contribution < 1.29 is 24.3 Å². The Bertz CT molecular complexity index is 242. The van der Waals surface area contributed by atoms with Crippen LogP contribution in [0.25, 0.3) is 0 Å². The molecule has 1 aromatic rings. The van der Waals surface area contributed by atoms with E-state index in [1.165, 1.54) is 0 Å². The summed E-state index contributed by atoms with van der Waals surface area (Å²) in [5, 5.41) is 0. The summed E-state index contributed by atoms with van der Waals surface area (Å²) in [6.45, 7) is 7.00. The van der Waals surface area contributed by atoms with Gasteiger partial charge in [0, 0.05) is 0 Å². The van der Waals surface area contributed by atoms with E-state index in [2.05, 4.69) is 19.9 Å². The molecule has 14 heavy (non-hydrogen) atoms. The molecule has 0 saturated heterocycles. The summed E-state index contributed by atoms with van der Waals surface area (Å²) in [5.74, 6) is 0. The maximum absolute atomic E-state index is 9.99. The van der Waals surface area contributed by atoms with Crippen molar-refractivity contribution >= 4 is 6.29 Å². The van der Waals surface area contributed by atoms with Crippen molar-refractivity contribution in [2.45, 2.75) is 6.42 Å². The van der Waals surface area contributed by atoms with Gasteiger partial charge in [-0.2, -0.15) is 30.3 Å². The van der Waals surface area contributed by atoms with Gasteiger partial charge in [0.15, 0.2) is 0 Å². The van der Waals surface area contributed by atoms with E-state index in [4.69, 9.17) is 0 Å². The van der Waals surface area contributed by atoms with E-state index in [0.29, 0.717) is 5.56 Å². The fourth-order valence-corrected chi connectivity index (χ4v) is 0.596. The molecule has 0 aliphatic carbocycles. The predicted molar refractivity (Wildman–Crippen MR) is 55.1 cm³/mol. The second-order valence-electron chi connectivity index (χ2n) is 2.21. The quantitative estimate of drug-likeness (QED) is 0.461. The van der Waals surface area contributed by atoms with Gasteiger partial charge >= 0.3 is 19.5 Å². The maximum Gasteiger partial charge on any atom is 3.00 e. The molecule has 0 fully saturated rings. The normalized spacial score (nSPS) is 8.36. The van der Waals surface area contributed by atoms with E-state index >= 15 is 0 Å². The third kappa shape index (κ3) is 9.21. The van der Waals surface area contributed by atoms with Crippen LogP contribution in [0.15, 0.2) is 36.4 Å². The first-order valence-electron chi connectivity index (χ1n) is 4.00. The predicted octanol–water partition coefficient (Wildman–Crippen LogP) is 2.90. The van der Waals surface area contributed by atoms with E-state index < -0.39 is 0 Å². The standard InChI is InChI=1S/C7H5O.C5H8.Rh/c8-6-7-4-2-1-3-5-7;1-3-5-4-2;/h2-6H;3,5H,1-2,4H2;/q-1;-2;+3/b;5-3-;. The van der Waals surface area contributed by atoms with Crippen LogP contribution in [0.2, 0.25) is 0 Å². The number of benzene rings is 1. The molecule has 1 rings (SSSR count). The van der Waals surface area contributed by atoms with Crippen molar-refractivity contribution in [2.75, 3.05) is 0 Å². The molecule has 1 nitrogen and oxygen atoms in total. The van der Waals surface area contributed by atoms with E-state index in [1.54, 1.807) is 30.3 Å². The van der Waals surface area contributed by atoms with E-state index in [1.807, 2.05) is 6.08 Å². The molecule has 0 radical (unpaired) electrons. The number of aldehydes is 1. The number of hydrogen-bond donors (Lipinski definition) is 0. The minimum absolute atomic E-state index is 0. The van der Waals surface area contributed by atoms with Crippen LogP contribution in [0, 0.1) is 19.9 Å². The van der Waals surface area contributed by atoms with Crippen molar-refractivity contribution in [1.29, 1.82) is 0 Å². The second-order valence-corrected chi connectivity index (χ2v) is 2.21. The first-order chi connectivity index (χ1) is 6.35. The molecule has 0 bridgehead atoms. The van der Waals surface area contributed by atoms with Gasteiger partial charge < -0.3 is 11.7 Å². The van der Waals surface area contributed by atoms with E-state index in [9.17, 15) is 4.79 Å². The Balaban J connectivity index is 0. The number of allylic oxidation sites excluding steroid dienone is 2. The molecular formula is C12H13ORh. The maximum atomic E-state index is 9.99. The molecule has 76 valence electrons. The Kier molecular flexibility index (Phi) is 13.5. The van der Waals surface area contributed by atoms with Gasteiger partial charge in [0.2, 0.25) is 0 Å². The Labute approximate surface area is 99.0 Å². The SMILES string of the molecule is O=Cc1cc[c-]cc1.[CH2-]/C=C\C[CH2-].[Rh+3]. The number of hydrogen-bond acceptors (Lipinski definition) is 1. The largest absolute Gasteiger partial charge is 3.00 e. The van der Waals surface area contributed by atoms with Crippen molar-refractivity contribution in [3.8, 4) is 0 Å². The average molecular weight is 276 g/mol. The van der Waals surface area contributed by atoms with Gasteiger partial charge in [-0.3, -0.25) is 6.08 Å². The fraction of sp³-hybridized carbons (Fsp3) is 0.0833. The Morgan fingerprint density at radius 3 is 2.14 bits per heavy atom. The van der Waals surface area contributed by atoms with Crippen LogP contribution < -0.4 is 0 Å². The van der Waals surface area contributed by atoms with Crippen molar-refractivity contribution in [2.24, 2.45) is 0 Å². The molecule has 0 aliphatic heterocycles. The first-order valence-corrected chi connectivity index (χ1v) is 4.00. The molecule has 0 atom stereocenters. The molecule has 0 aliphatic rings. The molecule has 2 heteroatoms. The van der Waals surface area contributed by atoms with Gasteiger partial charge in [-0.15, -0.1) is 0 Å². The van der Waals surface area contributed by atoms with Crippen LogP contribution in [-0.2, 0) is 19.5 Å². The molecule has 0 unspecified atom stereocenters. The smallest absolute Gasteiger partial charge is 0.356 e. The molecule has 1 aromatic carbocycles. The van der Waals surface area contributed by atoms with Crippen LogP contribution in [-0.4, -0.2) is 6.29 Å². The zero-order valence-corrected chi connectivity index (χ0v) is 9.54. The Hall–Kier alpha value is -0.877. The van der Waals surface area contributed by atoms with Gasteiger partial charge in [-0.05, 0) is 0 Å². The molecule has 0 spiro atoms. The summed E-state index contributed by atoms with van der Waals surface area (Å²) in [5.41, 5.74) is 0.698. The van der Waals surface area contributed by atoms with Crippen LogP contribution >= 0.6 is 0 Å². The summed E-state index contributed by atoms with van der Waals surface area (Å²) >= 11 is 0. The van der Waals surface area contributed by atoms with Crippen LogP contribution in [0.4, 0.5) is 0 Å². The monoisotopic (exact) mass is 276 g/mol. The number of carbonyl (C=O) groups is 1. The minimum Gasteiger partial charge on any atom is -0.356 e. The minimum atomic E-state index is 0. The van der Waals surface area contributed by atoms with Crippen LogP contribution in [0.5, 0.6) is 0 Å². The van der Waals surface area contributed by atoms with Gasteiger partial charge in [0.1, 0.15) is 6.29 Å². The summed E-state index contributed by atoms with van der Waals surface area (Å²) in [6.07, 6.45) is 5.31. The number of carbonyl (C=O) groups excluding carboxylic acids is 1. The van der Waals surface area contributed by atoms with Gasteiger partial charge in [0.05, 0.1) is 0 Å². The van der Waals surface area contributed by atoms with E-state index in [-0.39, 0.29) is 19.5 Å². The van der Waals surface area contributed by atoms with Gasteiger partial charge in [0.25, 0.3) is 0 Å². The topological polar surface area (TPSA) is 17.1 Å². The third-order valence-corrected chi connectivity index (χ3v) is 1.21. The van der Waals surface area contributed by atoms with Crippen LogP contribution in [0.1, 0.15) is 16.8 Å². The molecule has 0 amide bonds. The zero-order chi connectivity index (χ0) is 9.94. The molecule has 0 N–H and O–H groups in total. The van der Waals surface area contributed by atoms with E-state index in [0.717, 1.165) is 12.7 Å². The second kappa shape index (κ2) is 12.1.